The molecular weight excluding hydrogens is 230 g/mol. The fourth-order valence-electron chi connectivity index (χ4n) is 2.19. The second kappa shape index (κ2) is 4.18. The molecule has 2 heterocycles. The number of ether oxygens (including phenoxy) is 1. The average molecular weight is 243 g/mol. The maximum atomic E-state index is 12.1. The lowest BCUT2D eigenvalue weighted by molar-refractivity contribution is 0.0955. The summed E-state index contributed by atoms with van der Waals surface area (Å²) in [5, 5.41) is 1.94. The average Bonchev–Trinajstić information content (AvgIpc) is 3.05. The van der Waals surface area contributed by atoms with Crippen molar-refractivity contribution in [1.29, 1.82) is 0 Å². The first-order valence-corrected chi connectivity index (χ1v) is 5.78. The minimum absolute atomic E-state index is 0.120. The molecule has 0 aromatic carbocycles. The van der Waals surface area contributed by atoms with E-state index in [1.54, 1.807) is 19.5 Å². The maximum Gasteiger partial charge on any atom is 0.279 e. The van der Waals surface area contributed by atoms with Crippen molar-refractivity contribution in [2.75, 3.05) is 7.11 Å². The Balaban J connectivity index is 2.12. The van der Waals surface area contributed by atoms with E-state index < -0.39 is 0 Å². The number of aromatic nitrogens is 3. The first-order valence-electron chi connectivity index (χ1n) is 5.78. The number of carbonyl (C=O) groups excluding carboxylic acids is 1. The van der Waals surface area contributed by atoms with E-state index in [4.69, 9.17) is 4.74 Å². The van der Waals surface area contributed by atoms with E-state index in [1.807, 2.05) is 6.07 Å². The van der Waals surface area contributed by atoms with E-state index in [0.717, 1.165) is 29.2 Å². The molecule has 0 unspecified atom stereocenters. The summed E-state index contributed by atoms with van der Waals surface area (Å²) in [5.41, 5.74) is 0.547. The van der Waals surface area contributed by atoms with Gasteiger partial charge < -0.3 is 9.72 Å². The molecule has 1 N–H and O–H groups in total. The molecule has 0 spiro atoms. The van der Waals surface area contributed by atoms with Gasteiger partial charge in [0.2, 0.25) is 0 Å². The van der Waals surface area contributed by atoms with Crippen molar-refractivity contribution in [2.24, 2.45) is 0 Å². The summed E-state index contributed by atoms with van der Waals surface area (Å²) >= 11 is 0. The highest BCUT2D eigenvalue weighted by atomic mass is 16.5. The molecule has 92 valence electrons. The molecule has 0 saturated carbocycles. The van der Waals surface area contributed by atoms with Crippen LogP contribution in [0.3, 0.4) is 0 Å². The van der Waals surface area contributed by atoms with Gasteiger partial charge in [-0.1, -0.05) is 6.08 Å². The third-order valence-corrected chi connectivity index (χ3v) is 3.08. The fraction of sp³-hybridized carbons (Fsp3) is 0.231. The van der Waals surface area contributed by atoms with Gasteiger partial charge in [0.25, 0.3) is 5.91 Å². The van der Waals surface area contributed by atoms with Gasteiger partial charge in [0.05, 0.1) is 7.11 Å². The third-order valence-electron chi connectivity index (χ3n) is 3.08. The van der Waals surface area contributed by atoms with Crippen LogP contribution in [0, 0.1) is 0 Å². The standard InChI is InChI=1S/C13H13N3O2/c1-18-12-4-2-3-10-9(12)7-11(15-10)13(17)16-6-5-14-8-16/h3,5-8,15H,2,4H2,1H3. The molecule has 1 aliphatic carbocycles. The molecule has 5 heteroatoms. The summed E-state index contributed by atoms with van der Waals surface area (Å²) in [5.74, 6) is 0.805. The summed E-state index contributed by atoms with van der Waals surface area (Å²) in [7, 11) is 1.66. The molecule has 2 aromatic heterocycles. The normalized spacial score (nSPS) is 13.9. The van der Waals surface area contributed by atoms with Crippen LogP contribution < -0.4 is 10.6 Å². The first-order chi connectivity index (χ1) is 8.79. The Hall–Kier alpha value is -2.30. The molecule has 0 saturated heterocycles. The summed E-state index contributed by atoms with van der Waals surface area (Å²) in [6.45, 7) is 0. The zero-order valence-electron chi connectivity index (χ0n) is 10.0. The number of aromatic amines is 1. The number of hydrogen-bond acceptors (Lipinski definition) is 3. The Morgan fingerprint density at radius 2 is 2.44 bits per heavy atom. The Kier molecular flexibility index (Phi) is 2.51. The molecule has 0 fully saturated rings. The van der Waals surface area contributed by atoms with Crippen LogP contribution in [0.25, 0.3) is 11.8 Å². The first kappa shape index (κ1) is 10.8. The molecular formula is C13H13N3O2. The number of imidazole rings is 1. The SMILES string of the molecule is COC1=c2cc(C(=O)n3ccnc3)[nH]c2=CCC1. The predicted octanol–water partition coefficient (Wildman–Crippen LogP) is 0.229. The highest BCUT2D eigenvalue weighted by molar-refractivity contribution is 5.94. The van der Waals surface area contributed by atoms with E-state index >= 15 is 0 Å². The Morgan fingerprint density at radius 1 is 1.56 bits per heavy atom. The number of hydrogen-bond donors (Lipinski definition) is 1. The number of H-pyrrole nitrogens is 1. The van der Waals surface area contributed by atoms with Gasteiger partial charge in [-0.25, -0.2) is 4.98 Å². The van der Waals surface area contributed by atoms with Gasteiger partial charge >= 0.3 is 0 Å². The Morgan fingerprint density at radius 3 is 3.17 bits per heavy atom. The predicted molar refractivity (Wildman–Crippen MR) is 66.1 cm³/mol. The molecule has 0 bridgehead atoms. The minimum Gasteiger partial charge on any atom is -0.500 e. The van der Waals surface area contributed by atoms with Crippen LogP contribution in [0.2, 0.25) is 0 Å². The van der Waals surface area contributed by atoms with Crippen LogP contribution in [0.5, 0.6) is 0 Å². The zero-order chi connectivity index (χ0) is 12.5. The number of nitrogens with zero attached hydrogens (tertiary/aromatic N) is 2. The second-order valence-corrected chi connectivity index (χ2v) is 4.16. The number of nitrogens with one attached hydrogen (secondary N) is 1. The quantitative estimate of drug-likeness (QED) is 0.821. The van der Waals surface area contributed by atoms with Gasteiger partial charge in [-0.3, -0.25) is 9.36 Å². The number of carbonyl (C=O) groups is 1. The topological polar surface area (TPSA) is 59.9 Å². The lowest BCUT2D eigenvalue weighted by atomic mass is 10.1. The number of rotatable bonds is 2. The summed E-state index contributed by atoms with van der Waals surface area (Å²) in [6.07, 6.45) is 8.59. The van der Waals surface area contributed by atoms with Crippen LogP contribution in [-0.2, 0) is 4.74 Å². The molecule has 0 radical (unpaired) electrons. The van der Waals surface area contributed by atoms with E-state index in [0.29, 0.717) is 5.69 Å². The van der Waals surface area contributed by atoms with Crippen molar-refractivity contribution >= 4 is 17.7 Å². The van der Waals surface area contributed by atoms with E-state index in [1.165, 1.54) is 10.9 Å². The van der Waals surface area contributed by atoms with Crippen LogP contribution in [0.1, 0.15) is 23.3 Å². The molecule has 0 aliphatic heterocycles. The molecule has 0 atom stereocenters. The summed E-state index contributed by atoms with van der Waals surface area (Å²) < 4.78 is 6.80. The lowest BCUT2D eigenvalue weighted by Crippen LogP contribution is -2.28. The number of methoxy groups -OCH3 is 1. The van der Waals surface area contributed by atoms with E-state index in [-0.39, 0.29) is 5.91 Å². The Labute approximate surface area is 103 Å². The molecule has 18 heavy (non-hydrogen) atoms. The van der Waals surface area contributed by atoms with Crippen molar-refractivity contribution < 1.29 is 9.53 Å². The minimum atomic E-state index is -0.120. The monoisotopic (exact) mass is 243 g/mol. The fourth-order valence-corrected chi connectivity index (χ4v) is 2.19. The molecule has 0 amide bonds. The zero-order valence-corrected chi connectivity index (χ0v) is 10.0. The van der Waals surface area contributed by atoms with E-state index in [9.17, 15) is 4.79 Å². The van der Waals surface area contributed by atoms with Crippen LogP contribution in [0.4, 0.5) is 0 Å². The van der Waals surface area contributed by atoms with Crippen molar-refractivity contribution in [2.45, 2.75) is 12.8 Å². The van der Waals surface area contributed by atoms with Gasteiger partial charge in [-0.05, 0) is 12.5 Å². The maximum absolute atomic E-state index is 12.1. The Bertz CT molecular complexity index is 695. The van der Waals surface area contributed by atoms with Crippen molar-refractivity contribution in [1.82, 2.24) is 14.5 Å². The number of fused-ring (bicyclic) bond motifs is 1. The smallest absolute Gasteiger partial charge is 0.279 e. The van der Waals surface area contributed by atoms with Gasteiger partial charge in [-0.15, -0.1) is 0 Å². The van der Waals surface area contributed by atoms with Crippen molar-refractivity contribution in [3.8, 4) is 0 Å². The highest BCUT2D eigenvalue weighted by Gasteiger charge is 2.13. The summed E-state index contributed by atoms with van der Waals surface area (Å²) in [6, 6.07) is 1.84. The van der Waals surface area contributed by atoms with Gasteiger partial charge in [0.1, 0.15) is 17.8 Å². The van der Waals surface area contributed by atoms with Crippen LogP contribution in [0.15, 0.2) is 24.8 Å². The summed E-state index contributed by atoms with van der Waals surface area (Å²) in [4.78, 5) is 19.2. The van der Waals surface area contributed by atoms with Crippen LogP contribution in [-0.4, -0.2) is 27.6 Å². The molecule has 5 nitrogen and oxygen atoms in total. The third kappa shape index (κ3) is 1.64. The highest BCUT2D eigenvalue weighted by Crippen LogP contribution is 2.08. The van der Waals surface area contributed by atoms with E-state index in [2.05, 4.69) is 16.0 Å². The second-order valence-electron chi connectivity index (χ2n) is 4.16. The van der Waals surface area contributed by atoms with Crippen LogP contribution >= 0.6 is 0 Å². The van der Waals surface area contributed by atoms with Crippen molar-refractivity contribution in [3.05, 3.63) is 41.0 Å². The van der Waals surface area contributed by atoms with Gasteiger partial charge in [0.15, 0.2) is 0 Å². The lowest BCUT2D eigenvalue weighted by Gasteiger charge is -2.06. The molecule has 3 rings (SSSR count). The molecule has 1 aliphatic rings. The van der Waals surface area contributed by atoms with Gasteiger partial charge in [0, 0.05) is 29.4 Å². The van der Waals surface area contributed by atoms with Crippen molar-refractivity contribution in [3.63, 3.8) is 0 Å². The van der Waals surface area contributed by atoms with Gasteiger partial charge in [-0.2, -0.15) is 0 Å². The largest absolute Gasteiger partial charge is 0.500 e. The molecule has 2 aromatic rings.